The van der Waals surface area contributed by atoms with Gasteiger partial charge in [0.2, 0.25) is 5.91 Å². The predicted octanol–water partition coefficient (Wildman–Crippen LogP) is 2.10. The molecule has 2 unspecified atom stereocenters. The molecule has 0 aromatic heterocycles. The molecule has 3 aliphatic heterocycles. The summed E-state index contributed by atoms with van der Waals surface area (Å²) in [5, 5.41) is 6.83. The predicted molar refractivity (Wildman–Crippen MR) is 122 cm³/mol. The Balaban J connectivity index is 1.57. The summed E-state index contributed by atoms with van der Waals surface area (Å²) in [4.78, 5) is 31.2. The summed E-state index contributed by atoms with van der Waals surface area (Å²) in [5.41, 5.74) is 2.78. The largest absolute Gasteiger partial charge is 0.446 e. The second-order valence-corrected chi connectivity index (χ2v) is 9.31. The van der Waals surface area contributed by atoms with Crippen LogP contribution in [-0.2, 0) is 9.53 Å². The molecule has 0 radical (unpaired) electrons. The van der Waals surface area contributed by atoms with E-state index in [1.54, 1.807) is 16.7 Å². The number of ether oxygens (including phenoxy) is 1. The quantitative estimate of drug-likeness (QED) is 0.763. The zero-order chi connectivity index (χ0) is 22.1. The molecule has 4 rings (SSSR count). The molecule has 3 aliphatic rings. The van der Waals surface area contributed by atoms with Crippen LogP contribution in [-0.4, -0.2) is 74.5 Å². The van der Waals surface area contributed by atoms with Crippen molar-refractivity contribution in [3.8, 4) is 0 Å². The van der Waals surface area contributed by atoms with Crippen molar-refractivity contribution >= 4 is 23.4 Å². The zero-order valence-electron chi connectivity index (χ0n) is 19.1. The lowest BCUT2D eigenvalue weighted by atomic mass is 9.95. The molecule has 170 valence electrons. The zero-order valence-corrected chi connectivity index (χ0v) is 19.1. The fourth-order valence-corrected chi connectivity index (χ4v) is 5.06. The van der Waals surface area contributed by atoms with Crippen molar-refractivity contribution < 1.29 is 14.3 Å². The van der Waals surface area contributed by atoms with Gasteiger partial charge in [0, 0.05) is 45.8 Å². The maximum absolute atomic E-state index is 12.9. The number of nitrogens with one attached hydrogen (secondary N) is 2. The lowest BCUT2D eigenvalue weighted by Crippen LogP contribution is -2.51. The number of carbonyl (C=O) groups is 2. The summed E-state index contributed by atoms with van der Waals surface area (Å²) in [6.07, 6.45) is 0.556. The number of nitrogens with zero attached hydrogens (tertiary/aromatic N) is 3. The molecule has 31 heavy (non-hydrogen) atoms. The molecule has 0 spiro atoms. The highest BCUT2D eigenvalue weighted by Gasteiger charge is 2.36. The number of carbonyl (C=O) groups excluding carboxylic acids is 2. The average molecular weight is 430 g/mol. The normalized spacial score (nSPS) is 26.4. The fraction of sp³-hybridized carbons (Fsp3) is 0.652. The van der Waals surface area contributed by atoms with Gasteiger partial charge >= 0.3 is 6.09 Å². The van der Waals surface area contributed by atoms with Crippen LogP contribution in [0.5, 0.6) is 0 Å². The first-order chi connectivity index (χ1) is 14.8. The Hall–Kier alpha value is -2.16. The summed E-state index contributed by atoms with van der Waals surface area (Å²) >= 11 is 0. The van der Waals surface area contributed by atoms with Crippen molar-refractivity contribution in [3.05, 3.63) is 23.8 Å². The van der Waals surface area contributed by atoms with Gasteiger partial charge in [0.1, 0.15) is 0 Å². The van der Waals surface area contributed by atoms with E-state index in [0.717, 1.165) is 50.6 Å². The lowest BCUT2D eigenvalue weighted by molar-refractivity contribution is -0.117. The van der Waals surface area contributed by atoms with Gasteiger partial charge in [-0.25, -0.2) is 4.79 Å². The SMILES string of the molecule is CC(=O)N1c2ccc(C3CCN(CC4CNCN4)C3)cc2N(C(=O)OC(C)C)C[C@@H]1C. The molecule has 2 amide bonds. The maximum atomic E-state index is 12.9. The third-order valence-electron chi connectivity index (χ3n) is 6.46. The number of fused-ring (bicyclic) bond motifs is 1. The third kappa shape index (κ3) is 4.71. The van der Waals surface area contributed by atoms with Crippen LogP contribution < -0.4 is 20.4 Å². The van der Waals surface area contributed by atoms with Crippen molar-refractivity contribution in [3.63, 3.8) is 0 Å². The van der Waals surface area contributed by atoms with Gasteiger partial charge < -0.3 is 19.9 Å². The van der Waals surface area contributed by atoms with E-state index < -0.39 is 0 Å². The molecule has 0 aliphatic carbocycles. The van der Waals surface area contributed by atoms with E-state index in [1.165, 1.54) is 5.56 Å². The minimum Gasteiger partial charge on any atom is -0.446 e. The highest BCUT2D eigenvalue weighted by Crippen LogP contribution is 2.40. The van der Waals surface area contributed by atoms with Crippen molar-refractivity contribution in [2.75, 3.05) is 49.2 Å². The summed E-state index contributed by atoms with van der Waals surface area (Å²) < 4.78 is 5.51. The molecule has 3 atom stereocenters. The number of rotatable bonds is 4. The van der Waals surface area contributed by atoms with Gasteiger partial charge in [0.05, 0.1) is 23.5 Å². The standard InChI is InChI=1S/C23H35N5O3/c1-15(2)31-23(30)27-11-16(3)28(17(4)29)21-6-5-18(9-22(21)27)19-7-8-26(12-19)13-20-10-24-14-25-20/h5-6,9,15-16,19-20,24-25H,7-8,10-14H2,1-4H3/t16-,19?,20?/m0/s1. The summed E-state index contributed by atoms with van der Waals surface area (Å²) in [5.74, 6) is 0.413. The molecule has 8 heteroatoms. The molecule has 2 saturated heterocycles. The Kier molecular flexibility index (Phi) is 6.50. The highest BCUT2D eigenvalue weighted by atomic mass is 16.6. The Morgan fingerprint density at radius 3 is 2.71 bits per heavy atom. The van der Waals surface area contributed by atoms with E-state index in [9.17, 15) is 9.59 Å². The first kappa shape index (κ1) is 22.0. The smallest absolute Gasteiger partial charge is 0.414 e. The molecular formula is C23H35N5O3. The lowest BCUT2D eigenvalue weighted by Gasteiger charge is -2.40. The second kappa shape index (κ2) is 9.14. The minimum atomic E-state index is -0.351. The molecule has 8 nitrogen and oxygen atoms in total. The molecule has 3 heterocycles. The number of amides is 2. The average Bonchev–Trinajstić information content (AvgIpc) is 3.38. The fourth-order valence-electron chi connectivity index (χ4n) is 5.06. The molecular weight excluding hydrogens is 394 g/mol. The van der Waals surface area contributed by atoms with E-state index >= 15 is 0 Å². The van der Waals surface area contributed by atoms with Crippen LogP contribution in [0.15, 0.2) is 18.2 Å². The molecule has 2 fully saturated rings. The van der Waals surface area contributed by atoms with Crippen LogP contribution in [0.3, 0.4) is 0 Å². The monoisotopic (exact) mass is 429 g/mol. The van der Waals surface area contributed by atoms with Crippen LogP contribution >= 0.6 is 0 Å². The van der Waals surface area contributed by atoms with E-state index in [4.69, 9.17) is 4.74 Å². The van der Waals surface area contributed by atoms with Gasteiger partial charge in [-0.05, 0) is 57.4 Å². The Morgan fingerprint density at radius 2 is 2.03 bits per heavy atom. The van der Waals surface area contributed by atoms with E-state index in [2.05, 4.69) is 27.7 Å². The van der Waals surface area contributed by atoms with Gasteiger partial charge in [-0.2, -0.15) is 0 Å². The number of anilines is 2. The van der Waals surface area contributed by atoms with Crippen LogP contribution in [0.1, 0.15) is 45.6 Å². The number of hydrogen-bond donors (Lipinski definition) is 2. The summed E-state index contributed by atoms with van der Waals surface area (Å²) in [7, 11) is 0. The summed E-state index contributed by atoms with van der Waals surface area (Å²) in [6.45, 7) is 12.7. The van der Waals surface area contributed by atoms with Crippen LogP contribution in [0, 0.1) is 0 Å². The maximum Gasteiger partial charge on any atom is 0.414 e. The van der Waals surface area contributed by atoms with Gasteiger partial charge in [-0.1, -0.05) is 6.07 Å². The molecule has 1 aromatic carbocycles. The van der Waals surface area contributed by atoms with E-state index in [0.29, 0.717) is 18.5 Å². The molecule has 2 N–H and O–H groups in total. The Morgan fingerprint density at radius 1 is 1.23 bits per heavy atom. The van der Waals surface area contributed by atoms with Crippen LogP contribution in [0.25, 0.3) is 0 Å². The van der Waals surface area contributed by atoms with Gasteiger partial charge in [0.15, 0.2) is 0 Å². The van der Waals surface area contributed by atoms with Crippen molar-refractivity contribution in [2.24, 2.45) is 0 Å². The second-order valence-electron chi connectivity index (χ2n) is 9.31. The molecule has 0 bridgehead atoms. The first-order valence-corrected chi connectivity index (χ1v) is 11.4. The first-order valence-electron chi connectivity index (χ1n) is 11.4. The van der Waals surface area contributed by atoms with Crippen LogP contribution in [0.2, 0.25) is 0 Å². The molecule has 0 saturated carbocycles. The van der Waals surface area contributed by atoms with Crippen molar-refractivity contribution in [1.82, 2.24) is 15.5 Å². The van der Waals surface area contributed by atoms with Gasteiger partial charge in [0.25, 0.3) is 0 Å². The Bertz CT molecular complexity index is 823. The van der Waals surface area contributed by atoms with Crippen molar-refractivity contribution in [2.45, 2.75) is 58.2 Å². The number of hydrogen-bond acceptors (Lipinski definition) is 6. The number of likely N-dealkylation sites (tertiary alicyclic amines) is 1. The number of benzene rings is 1. The highest BCUT2D eigenvalue weighted by molar-refractivity contribution is 6.02. The van der Waals surface area contributed by atoms with Gasteiger partial charge in [-0.15, -0.1) is 0 Å². The molecule has 1 aromatic rings. The van der Waals surface area contributed by atoms with Gasteiger partial charge in [-0.3, -0.25) is 15.0 Å². The minimum absolute atomic E-state index is 0.0110. The van der Waals surface area contributed by atoms with Crippen LogP contribution in [0.4, 0.5) is 16.2 Å². The Labute approximate surface area is 184 Å². The summed E-state index contributed by atoms with van der Waals surface area (Å²) in [6, 6.07) is 6.63. The van der Waals surface area contributed by atoms with E-state index in [-0.39, 0.29) is 24.1 Å². The van der Waals surface area contributed by atoms with Crippen molar-refractivity contribution in [1.29, 1.82) is 0 Å². The van der Waals surface area contributed by atoms with E-state index in [1.807, 2.05) is 26.8 Å². The third-order valence-corrected chi connectivity index (χ3v) is 6.46. The topological polar surface area (TPSA) is 77.2 Å².